The molecule has 0 atom stereocenters. The topological polar surface area (TPSA) is 46.6 Å². The maximum Gasteiger partial charge on any atom is 0.233 e. The van der Waals surface area contributed by atoms with Crippen LogP contribution < -0.4 is 15.0 Å². The molecule has 1 aromatic rings. The molecule has 0 aliphatic heterocycles. The second-order valence-corrected chi connectivity index (χ2v) is 5.43. The van der Waals surface area contributed by atoms with Crippen LogP contribution in [0.4, 0.5) is 5.13 Å². The molecule has 0 radical (unpaired) electrons. The van der Waals surface area contributed by atoms with Gasteiger partial charge in [0.1, 0.15) is 0 Å². The zero-order valence-electron chi connectivity index (χ0n) is 12.3. The monoisotopic (exact) mass is 285 g/mol. The van der Waals surface area contributed by atoms with Crippen molar-refractivity contribution in [1.29, 1.82) is 0 Å². The van der Waals surface area contributed by atoms with Crippen LogP contribution >= 0.6 is 11.3 Å². The van der Waals surface area contributed by atoms with Crippen molar-refractivity contribution in [2.45, 2.75) is 6.92 Å². The van der Waals surface area contributed by atoms with E-state index in [0.29, 0.717) is 5.88 Å². The molecule has 0 aliphatic rings. The highest BCUT2D eigenvalue weighted by Crippen LogP contribution is 2.32. The van der Waals surface area contributed by atoms with E-state index in [1.165, 1.54) is 5.57 Å². The highest BCUT2D eigenvalue weighted by Gasteiger charge is 2.11. The van der Waals surface area contributed by atoms with Gasteiger partial charge in [0, 0.05) is 34.3 Å². The molecule has 1 aromatic heterocycles. The number of rotatable bonds is 8. The average Bonchev–Trinajstić information content (AvgIpc) is 2.78. The van der Waals surface area contributed by atoms with Gasteiger partial charge in [-0.05, 0) is 13.0 Å². The zero-order chi connectivity index (χ0) is 14.3. The van der Waals surface area contributed by atoms with Gasteiger partial charge in [0.05, 0.1) is 18.6 Å². The Bertz CT molecular complexity index is 416. The van der Waals surface area contributed by atoms with Crippen LogP contribution in [0.3, 0.4) is 0 Å². The second-order valence-electron chi connectivity index (χ2n) is 4.42. The first-order valence-electron chi connectivity index (χ1n) is 6.17. The van der Waals surface area contributed by atoms with E-state index in [1.54, 1.807) is 25.6 Å². The summed E-state index contributed by atoms with van der Waals surface area (Å²) in [6, 6.07) is 0. The molecule has 0 bridgehead atoms. The molecule has 0 saturated heterocycles. The predicted octanol–water partition coefficient (Wildman–Crippen LogP) is 1.86. The standard InChI is InChI=1S/C13H23N3O2S/c1-10(9-14-6-7-17-4)8-11-12(18-5)15-13(19-11)16(2)3/h8,14H,6-7,9H2,1-5H3. The Morgan fingerprint density at radius 1 is 1.42 bits per heavy atom. The summed E-state index contributed by atoms with van der Waals surface area (Å²) in [4.78, 5) is 7.46. The van der Waals surface area contributed by atoms with Crippen LogP contribution in [0, 0.1) is 0 Å². The van der Waals surface area contributed by atoms with Crippen LogP contribution in [0.25, 0.3) is 6.08 Å². The molecule has 0 fully saturated rings. The van der Waals surface area contributed by atoms with Gasteiger partial charge < -0.3 is 19.7 Å². The Kier molecular flexibility index (Phi) is 6.83. The van der Waals surface area contributed by atoms with Gasteiger partial charge in [-0.2, -0.15) is 4.98 Å². The minimum absolute atomic E-state index is 0.685. The van der Waals surface area contributed by atoms with Gasteiger partial charge in [-0.25, -0.2) is 0 Å². The van der Waals surface area contributed by atoms with Crippen LogP contribution in [0.15, 0.2) is 5.57 Å². The number of methoxy groups -OCH3 is 2. The van der Waals surface area contributed by atoms with E-state index in [-0.39, 0.29) is 0 Å². The summed E-state index contributed by atoms with van der Waals surface area (Å²) in [6.45, 7) is 4.50. The van der Waals surface area contributed by atoms with Crippen molar-refractivity contribution >= 4 is 22.5 Å². The Morgan fingerprint density at radius 2 is 2.16 bits per heavy atom. The number of hydrogen-bond donors (Lipinski definition) is 1. The maximum atomic E-state index is 5.31. The van der Waals surface area contributed by atoms with Crippen molar-refractivity contribution in [2.24, 2.45) is 0 Å². The van der Waals surface area contributed by atoms with Crippen LogP contribution in [-0.2, 0) is 4.74 Å². The van der Waals surface area contributed by atoms with Gasteiger partial charge in [0.25, 0.3) is 0 Å². The molecule has 0 unspecified atom stereocenters. The first kappa shape index (κ1) is 15.9. The van der Waals surface area contributed by atoms with Gasteiger partial charge in [0.2, 0.25) is 5.88 Å². The summed E-state index contributed by atoms with van der Waals surface area (Å²) in [7, 11) is 7.31. The number of hydrogen-bond acceptors (Lipinski definition) is 6. The van der Waals surface area contributed by atoms with E-state index in [9.17, 15) is 0 Å². The molecule has 1 rings (SSSR count). The normalized spacial score (nSPS) is 11.7. The van der Waals surface area contributed by atoms with Crippen molar-refractivity contribution in [3.63, 3.8) is 0 Å². The molecule has 0 amide bonds. The number of thiazole rings is 1. The van der Waals surface area contributed by atoms with Crippen molar-refractivity contribution in [3.05, 3.63) is 10.5 Å². The fourth-order valence-corrected chi connectivity index (χ4v) is 2.45. The molecule has 0 spiro atoms. The van der Waals surface area contributed by atoms with Crippen LogP contribution in [-0.4, -0.2) is 53.0 Å². The molecule has 108 valence electrons. The summed E-state index contributed by atoms with van der Waals surface area (Å²) in [5, 5.41) is 4.26. The smallest absolute Gasteiger partial charge is 0.233 e. The Morgan fingerprint density at radius 3 is 2.74 bits per heavy atom. The predicted molar refractivity (Wildman–Crippen MR) is 81.4 cm³/mol. The van der Waals surface area contributed by atoms with E-state index >= 15 is 0 Å². The van der Waals surface area contributed by atoms with Gasteiger partial charge in [0.15, 0.2) is 5.13 Å². The summed E-state index contributed by atoms with van der Waals surface area (Å²) < 4.78 is 10.3. The molecular formula is C13H23N3O2S. The van der Waals surface area contributed by atoms with Crippen molar-refractivity contribution < 1.29 is 9.47 Å². The summed E-state index contributed by atoms with van der Waals surface area (Å²) >= 11 is 1.63. The van der Waals surface area contributed by atoms with Gasteiger partial charge >= 0.3 is 0 Å². The third kappa shape index (κ3) is 5.18. The number of nitrogens with one attached hydrogen (secondary N) is 1. The zero-order valence-corrected chi connectivity index (χ0v) is 13.1. The SMILES string of the molecule is COCCNCC(C)=Cc1sc(N(C)C)nc1OC. The summed E-state index contributed by atoms with van der Waals surface area (Å²) in [5.74, 6) is 0.685. The molecule has 1 N–H and O–H groups in total. The molecule has 0 saturated carbocycles. The number of aromatic nitrogens is 1. The van der Waals surface area contributed by atoms with Crippen molar-refractivity contribution in [1.82, 2.24) is 10.3 Å². The summed E-state index contributed by atoms with van der Waals surface area (Å²) in [6.07, 6.45) is 2.11. The molecule has 0 aromatic carbocycles. The quantitative estimate of drug-likeness (QED) is 0.739. The third-order valence-electron chi connectivity index (χ3n) is 2.45. The lowest BCUT2D eigenvalue weighted by Crippen LogP contribution is -2.20. The first-order chi connectivity index (χ1) is 9.08. The lowest BCUT2D eigenvalue weighted by atomic mass is 10.2. The lowest BCUT2D eigenvalue weighted by molar-refractivity contribution is 0.200. The Labute approximate surface area is 119 Å². The molecule has 5 nitrogen and oxygen atoms in total. The summed E-state index contributed by atoms with van der Waals surface area (Å²) in [5.41, 5.74) is 1.24. The molecule has 19 heavy (non-hydrogen) atoms. The van der Waals surface area contributed by atoms with E-state index < -0.39 is 0 Å². The fraction of sp³-hybridized carbons (Fsp3) is 0.615. The van der Waals surface area contributed by atoms with Crippen molar-refractivity contribution in [3.8, 4) is 5.88 Å². The minimum Gasteiger partial charge on any atom is -0.480 e. The number of nitrogens with zero attached hydrogens (tertiary/aromatic N) is 2. The maximum absolute atomic E-state index is 5.31. The number of anilines is 1. The highest BCUT2D eigenvalue weighted by molar-refractivity contribution is 7.16. The highest BCUT2D eigenvalue weighted by atomic mass is 32.1. The van der Waals surface area contributed by atoms with Crippen molar-refractivity contribution in [2.75, 3.05) is 52.9 Å². The molecule has 6 heteroatoms. The third-order valence-corrected chi connectivity index (χ3v) is 3.60. The molecule has 0 aliphatic carbocycles. The van der Waals surface area contributed by atoms with Gasteiger partial charge in [-0.15, -0.1) is 0 Å². The number of ether oxygens (including phenoxy) is 2. The Balaban J connectivity index is 2.68. The van der Waals surface area contributed by atoms with Gasteiger partial charge in [-0.1, -0.05) is 16.9 Å². The van der Waals surface area contributed by atoms with Crippen LogP contribution in [0.1, 0.15) is 11.8 Å². The van der Waals surface area contributed by atoms with E-state index in [1.807, 2.05) is 19.0 Å². The van der Waals surface area contributed by atoms with E-state index in [0.717, 1.165) is 29.7 Å². The lowest BCUT2D eigenvalue weighted by Gasteiger charge is -2.05. The minimum atomic E-state index is 0.685. The Hall–Kier alpha value is -1.11. The fourth-order valence-electron chi connectivity index (χ4n) is 1.47. The average molecular weight is 285 g/mol. The van der Waals surface area contributed by atoms with Crippen LogP contribution in [0.5, 0.6) is 5.88 Å². The largest absolute Gasteiger partial charge is 0.480 e. The molecular weight excluding hydrogens is 262 g/mol. The van der Waals surface area contributed by atoms with E-state index in [2.05, 4.69) is 23.3 Å². The molecule has 1 heterocycles. The second kappa shape index (κ2) is 8.14. The van der Waals surface area contributed by atoms with Crippen LogP contribution in [0.2, 0.25) is 0 Å². The first-order valence-corrected chi connectivity index (χ1v) is 6.99. The van der Waals surface area contributed by atoms with E-state index in [4.69, 9.17) is 9.47 Å². The van der Waals surface area contributed by atoms with Gasteiger partial charge in [-0.3, -0.25) is 0 Å².